The lowest BCUT2D eigenvalue weighted by molar-refractivity contribution is -0.384. The number of hydrogen-bond donors (Lipinski definition) is 1. The number of aromatic nitrogens is 3. The van der Waals surface area contributed by atoms with Gasteiger partial charge in [0.05, 0.1) is 4.92 Å². The molecule has 0 unspecified atom stereocenters. The van der Waals surface area contributed by atoms with Gasteiger partial charge >= 0.3 is 0 Å². The highest BCUT2D eigenvalue weighted by Crippen LogP contribution is 2.40. The molecule has 2 rings (SSSR count). The first kappa shape index (κ1) is 19.5. The number of nitrogens with one attached hydrogen (secondary N) is 1. The van der Waals surface area contributed by atoms with E-state index in [-0.39, 0.29) is 23.3 Å². The Morgan fingerprint density at radius 1 is 0.875 bits per heavy atom. The molecule has 0 saturated carbocycles. The Hall–Kier alpha value is -0.830. The quantitative estimate of drug-likeness (QED) is 0.392. The number of non-ortho nitro benzene ring substituents is 1. The maximum absolute atomic E-state index is 10.6. The Kier molecular flexibility index (Phi) is 5.84. The zero-order valence-corrected chi connectivity index (χ0v) is 15.7. The van der Waals surface area contributed by atoms with E-state index in [0.717, 1.165) is 0 Å². The molecule has 0 spiro atoms. The zero-order chi connectivity index (χ0) is 18.1. The average Bonchev–Trinajstić information content (AvgIpc) is 2.45. The third-order valence-corrected chi connectivity index (χ3v) is 3.49. The summed E-state index contributed by atoms with van der Waals surface area (Å²) in [6, 6.07) is 5.45. The smallest absolute Gasteiger partial charge is 0.269 e. The summed E-state index contributed by atoms with van der Waals surface area (Å²) >= 11 is 34.5. The second-order valence-corrected chi connectivity index (χ2v) is 8.79. The topological polar surface area (TPSA) is 93.8 Å². The van der Waals surface area contributed by atoms with Gasteiger partial charge in [-0.15, -0.1) is 0 Å². The summed E-state index contributed by atoms with van der Waals surface area (Å²) in [6.45, 7) is 0. The number of hydrogen-bond acceptors (Lipinski definition) is 6. The van der Waals surface area contributed by atoms with E-state index in [9.17, 15) is 10.1 Å². The number of rotatable bonds is 3. The minimum absolute atomic E-state index is 0.0681. The fourth-order valence-electron chi connectivity index (χ4n) is 1.48. The third-order valence-electron chi connectivity index (χ3n) is 2.48. The van der Waals surface area contributed by atoms with Crippen molar-refractivity contribution in [3.63, 3.8) is 0 Å². The Morgan fingerprint density at radius 3 is 1.71 bits per heavy atom. The molecular formula is C11H5Cl6N5O2. The molecule has 1 N–H and O–H groups in total. The van der Waals surface area contributed by atoms with E-state index < -0.39 is 12.5 Å². The van der Waals surface area contributed by atoms with Crippen molar-refractivity contribution in [1.82, 2.24) is 15.0 Å². The monoisotopic (exact) mass is 449 g/mol. The molecular weight excluding hydrogens is 447 g/mol. The van der Waals surface area contributed by atoms with Crippen LogP contribution in [-0.2, 0) is 7.59 Å². The fraction of sp³-hybridized carbons (Fsp3) is 0.182. The van der Waals surface area contributed by atoms with Crippen molar-refractivity contribution in [2.75, 3.05) is 5.32 Å². The summed E-state index contributed by atoms with van der Waals surface area (Å²) in [5, 5.41) is 13.4. The number of anilines is 2. The van der Waals surface area contributed by atoms with Crippen LogP contribution in [0.25, 0.3) is 0 Å². The molecule has 1 aromatic carbocycles. The largest absolute Gasteiger partial charge is 0.324 e. The van der Waals surface area contributed by atoms with Gasteiger partial charge in [0.1, 0.15) is 0 Å². The van der Waals surface area contributed by atoms with Crippen LogP contribution in [0.15, 0.2) is 24.3 Å². The van der Waals surface area contributed by atoms with E-state index in [1.54, 1.807) is 0 Å². The highest BCUT2D eigenvalue weighted by atomic mass is 35.6. The van der Waals surface area contributed by atoms with Crippen molar-refractivity contribution < 1.29 is 4.92 Å². The first-order chi connectivity index (χ1) is 11.0. The number of nitro benzene ring substituents is 1. The molecule has 0 fully saturated rings. The van der Waals surface area contributed by atoms with Gasteiger partial charge in [0, 0.05) is 17.8 Å². The Morgan fingerprint density at radius 2 is 1.33 bits per heavy atom. The van der Waals surface area contributed by atoms with Crippen LogP contribution in [0, 0.1) is 10.1 Å². The molecule has 0 atom stereocenters. The van der Waals surface area contributed by atoms with Crippen LogP contribution < -0.4 is 5.32 Å². The highest BCUT2D eigenvalue weighted by molar-refractivity contribution is 6.67. The molecule has 0 amide bonds. The third kappa shape index (κ3) is 5.08. The zero-order valence-electron chi connectivity index (χ0n) is 11.2. The van der Waals surface area contributed by atoms with Crippen molar-refractivity contribution >= 4 is 86.9 Å². The molecule has 1 heterocycles. The van der Waals surface area contributed by atoms with Gasteiger partial charge < -0.3 is 5.32 Å². The fourth-order valence-corrected chi connectivity index (χ4v) is 1.99. The summed E-state index contributed by atoms with van der Waals surface area (Å²) < 4.78 is -3.95. The van der Waals surface area contributed by atoms with Crippen molar-refractivity contribution in [2.45, 2.75) is 7.59 Å². The van der Waals surface area contributed by atoms with Crippen LogP contribution in [0.2, 0.25) is 0 Å². The molecule has 0 radical (unpaired) electrons. The van der Waals surface area contributed by atoms with E-state index in [0.29, 0.717) is 5.69 Å². The van der Waals surface area contributed by atoms with Crippen molar-refractivity contribution in [3.8, 4) is 0 Å². The highest BCUT2D eigenvalue weighted by Gasteiger charge is 2.33. The molecule has 24 heavy (non-hydrogen) atoms. The Balaban J connectivity index is 2.40. The standard InChI is InChI=1S/C11H5Cl6N5O2/c12-10(13,14)7-19-8(11(15,16)17)21-9(20-7)18-5-1-3-6(4-2-5)22(23)24/h1-4H,(H,18,19,20,21). The van der Waals surface area contributed by atoms with Gasteiger partial charge in [0.15, 0.2) is 11.6 Å². The molecule has 0 aliphatic heterocycles. The van der Waals surface area contributed by atoms with Crippen LogP contribution >= 0.6 is 69.6 Å². The van der Waals surface area contributed by atoms with Gasteiger partial charge in [-0.2, -0.15) is 9.97 Å². The van der Waals surface area contributed by atoms with Crippen molar-refractivity contribution in [1.29, 1.82) is 0 Å². The van der Waals surface area contributed by atoms with Gasteiger partial charge in [-0.05, 0) is 12.1 Å². The van der Waals surface area contributed by atoms with Crippen LogP contribution in [0.3, 0.4) is 0 Å². The summed E-state index contributed by atoms with van der Waals surface area (Å²) in [6.07, 6.45) is 0. The first-order valence-electron chi connectivity index (χ1n) is 5.89. The lowest BCUT2D eigenvalue weighted by Gasteiger charge is -2.16. The van der Waals surface area contributed by atoms with E-state index in [4.69, 9.17) is 69.6 Å². The average molecular weight is 452 g/mol. The van der Waals surface area contributed by atoms with Gasteiger partial charge in [0.2, 0.25) is 13.5 Å². The van der Waals surface area contributed by atoms with E-state index in [1.165, 1.54) is 24.3 Å². The number of benzene rings is 1. The maximum Gasteiger partial charge on any atom is 0.269 e. The Labute approximate surface area is 165 Å². The Bertz CT molecular complexity index is 727. The number of nitro groups is 1. The maximum atomic E-state index is 10.6. The second-order valence-electron chi connectivity index (χ2n) is 4.23. The predicted molar refractivity (Wildman–Crippen MR) is 94.7 cm³/mol. The minimum Gasteiger partial charge on any atom is -0.324 e. The predicted octanol–water partition coefficient (Wildman–Crippen LogP) is 5.18. The summed E-state index contributed by atoms with van der Waals surface area (Å²) in [7, 11) is 0. The lowest BCUT2D eigenvalue weighted by atomic mass is 10.3. The normalized spacial score (nSPS) is 12.1. The van der Waals surface area contributed by atoms with Gasteiger partial charge in [-0.25, -0.2) is 4.98 Å². The summed E-state index contributed by atoms with van der Waals surface area (Å²) in [5.74, 6) is -0.581. The minimum atomic E-state index is -1.97. The molecule has 0 bridgehead atoms. The lowest BCUT2D eigenvalue weighted by Crippen LogP contribution is -2.17. The SMILES string of the molecule is O=[N+]([O-])c1ccc(Nc2nc(C(Cl)(Cl)Cl)nc(C(Cl)(Cl)Cl)n2)cc1. The van der Waals surface area contributed by atoms with E-state index in [2.05, 4.69) is 20.3 Å². The number of nitrogens with zero attached hydrogens (tertiary/aromatic N) is 4. The van der Waals surface area contributed by atoms with Crippen molar-refractivity contribution in [2.24, 2.45) is 0 Å². The van der Waals surface area contributed by atoms with Gasteiger partial charge in [0.25, 0.3) is 5.69 Å². The first-order valence-corrected chi connectivity index (χ1v) is 8.15. The molecule has 1 aromatic heterocycles. The number of alkyl halides is 6. The van der Waals surface area contributed by atoms with Crippen LogP contribution in [-0.4, -0.2) is 19.9 Å². The molecule has 2 aromatic rings. The molecule has 13 heteroatoms. The molecule has 0 aliphatic carbocycles. The van der Waals surface area contributed by atoms with Crippen LogP contribution in [0.4, 0.5) is 17.3 Å². The van der Waals surface area contributed by atoms with E-state index in [1.807, 2.05) is 0 Å². The van der Waals surface area contributed by atoms with E-state index >= 15 is 0 Å². The second kappa shape index (κ2) is 7.19. The number of halogens is 6. The summed E-state index contributed by atoms with van der Waals surface area (Å²) in [5.41, 5.74) is 0.345. The van der Waals surface area contributed by atoms with Gasteiger partial charge in [-0.3, -0.25) is 10.1 Å². The summed E-state index contributed by atoms with van der Waals surface area (Å²) in [4.78, 5) is 21.8. The van der Waals surface area contributed by atoms with Gasteiger partial charge in [-0.1, -0.05) is 69.6 Å². The molecule has 7 nitrogen and oxygen atoms in total. The van der Waals surface area contributed by atoms with Crippen LogP contribution in [0.5, 0.6) is 0 Å². The molecule has 128 valence electrons. The molecule has 0 saturated heterocycles. The molecule has 0 aliphatic rings. The van der Waals surface area contributed by atoms with Crippen LogP contribution in [0.1, 0.15) is 11.6 Å². The van der Waals surface area contributed by atoms with Crippen molar-refractivity contribution in [3.05, 3.63) is 46.0 Å².